The van der Waals surface area contributed by atoms with E-state index in [0.29, 0.717) is 12.2 Å². The standard InChI is InChI=1S/C13H16O3/c1-9-4-10(2)6-12(5-9)16-8-11(3)7-13(14)15/h4-7H,8H2,1-3H3,(H,14,15). The van der Waals surface area contributed by atoms with Gasteiger partial charge in [0.05, 0.1) is 0 Å². The van der Waals surface area contributed by atoms with Crippen LogP contribution in [-0.4, -0.2) is 17.7 Å². The number of ether oxygens (including phenoxy) is 1. The summed E-state index contributed by atoms with van der Waals surface area (Å²) in [7, 11) is 0. The van der Waals surface area contributed by atoms with Crippen LogP contribution in [0.25, 0.3) is 0 Å². The van der Waals surface area contributed by atoms with E-state index in [9.17, 15) is 4.79 Å². The van der Waals surface area contributed by atoms with E-state index in [-0.39, 0.29) is 0 Å². The Kier molecular flexibility index (Phi) is 4.11. The van der Waals surface area contributed by atoms with Crippen LogP contribution in [0, 0.1) is 13.8 Å². The zero-order chi connectivity index (χ0) is 12.1. The predicted molar refractivity (Wildman–Crippen MR) is 62.8 cm³/mol. The first-order valence-corrected chi connectivity index (χ1v) is 5.08. The number of hydrogen-bond donors (Lipinski definition) is 1. The molecule has 0 unspecified atom stereocenters. The fourth-order valence-electron chi connectivity index (χ4n) is 1.47. The summed E-state index contributed by atoms with van der Waals surface area (Å²) < 4.78 is 5.50. The van der Waals surface area contributed by atoms with E-state index < -0.39 is 5.97 Å². The molecule has 0 aromatic heterocycles. The van der Waals surface area contributed by atoms with Crippen molar-refractivity contribution in [2.45, 2.75) is 20.8 Å². The summed E-state index contributed by atoms with van der Waals surface area (Å²) in [6, 6.07) is 5.93. The second-order valence-corrected chi connectivity index (χ2v) is 3.94. The predicted octanol–water partition coefficient (Wildman–Crippen LogP) is 2.71. The molecule has 1 rings (SSSR count). The third-order valence-corrected chi connectivity index (χ3v) is 2.03. The first-order valence-electron chi connectivity index (χ1n) is 5.08. The molecular formula is C13H16O3. The second-order valence-electron chi connectivity index (χ2n) is 3.94. The van der Waals surface area contributed by atoms with Crippen molar-refractivity contribution in [1.29, 1.82) is 0 Å². The van der Waals surface area contributed by atoms with Gasteiger partial charge in [0.1, 0.15) is 12.4 Å². The second kappa shape index (κ2) is 5.35. The molecule has 0 aliphatic heterocycles. The van der Waals surface area contributed by atoms with Gasteiger partial charge in [-0.25, -0.2) is 4.79 Å². The smallest absolute Gasteiger partial charge is 0.328 e. The van der Waals surface area contributed by atoms with Gasteiger partial charge in [-0.3, -0.25) is 0 Å². The van der Waals surface area contributed by atoms with Crippen molar-refractivity contribution in [3.8, 4) is 5.75 Å². The Hall–Kier alpha value is -1.77. The highest BCUT2D eigenvalue weighted by Crippen LogP contribution is 2.16. The van der Waals surface area contributed by atoms with Crippen molar-refractivity contribution in [2.24, 2.45) is 0 Å². The first kappa shape index (κ1) is 12.3. The molecule has 0 bridgehead atoms. The van der Waals surface area contributed by atoms with E-state index in [4.69, 9.17) is 9.84 Å². The molecule has 0 fully saturated rings. The van der Waals surface area contributed by atoms with Crippen LogP contribution in [0.1, 0.15) is 18.1 Å². The molecule has 0 aliphatic carbocycles. The third-order valence-electron chi connectivity index (χ3n) is 2.03. The van der Waals surface area contributed by atoms with E-state index in [1.165, 1.54) is 0 Å². The molecule has 86 valence electrons. The van der Waals surface area contributed by atoms with Crippen molar-refractivity contribution < 1.29 is 14.6 Å². The number of carbonyl (C=O) groups is 1. The maximum absolute atomic E-state index is 10.4. The SMILES string of the molecule is CC(=CC(=O)O)COc1cc(C)cc(C)c1. The van der Waals surface area contributed by atoms with Crippen LogP contribution in [0.4, 0.5) is 0 Å². The Morgan fingerprint density at radius 3 is 2.38 bits per heavy atom. The Balaban J connectivity index is 2.64. The molecule has 0 atom stereocenters. The maximum atomic E-state index is 10.4. The summed E-state index contributed by atoms with van der Waals surface area (Å²) in [6.45, 7) is 6.03. The van der Waals surface area contributed by atoms with Crippen LogP contribution in [0.5, 0.6) is 5.75 Å². The van der Waals surface area contributed by atoms with Gasteiger partial charge in [0.2, 0.25) is 0 Å². The van der Waals surface area contributed by atoms with Gasteiger partial charge in [0, 0.05) is 6.08 Å². The van der Waals surface area contributed by atoms with Gasteiger partial charge in [-0.2, -0.15) is 0 Å². The lowest BCUT2D eigenvalue weighted by Crippen LogP contribution is -2.01. The van der Waals surface area contributed by atoms with Crippen LogP contribution in [0.3, 0.4) is 0 Å². The van der Waals surface area contributed by atoms with Crippen LogP contribution >= 0.6 is 0 Å². The highest BCUT2D eigenvalue weighted by atomic mass is 16.5. The highest BCUT2D eigenvalue weighted by Gasteiger charge is 1.99. The molecule has 1 N–H and O–H groups in total. The molecule has 0 saturated carbocycles. The molecule has 0 heterocycles. The molecule has 3 nitrogen and oxygen atoms in total. The molecule has 3 heteroatoms. The zero-order valence-electron chi connectivity index (χ0n) is 9.78. The van der Waals surface area contributed by atoms with Crippen LogP contribution in [0.15, 0.2) is 29.8 Å². The minimum atomic E-state index is -0.943. The quantitative estimate of drug-likeness (QED) is 0.793. The number of carboxylic acids is 1. The number of hydrogen-bond acceptors (Lipinski definition) is 2. The van der Waals surface area contributed by atoms with Crippen molar-refractivity contribution in [3.63, 3.8) is 0 Å². The number of carboxylic acid groups (broad SMARTS) is 1. The zero-order valence-corrected chi connectivity index (χ0v) is 9.78. The monoisotopic (exact) mass is 220 g/mol. The van der Waals surface area contributed by atoms with Crippen LogP contribution in [0.2, 0.25) is 0 Å². The summed E-state index contributed by atoms with van der Waals surface area (Å²) in [5, 5.41) is 8.54. The van der Waals surface area contributed by atoms with Gasteiger partial charge in [-0.15, -0.1) is 0 Å². The lowest BCUT2D eigenvalue weighted by atomic mass is 10.1. The fourth-order valence-corrected chi connectivity index (χ4v) is 1.47. The van der Waals surface area contributed by atoms with Gasteiger partial charge in [-0.05, 0) is 49.6 Å². The number of benzene rings is 1. The van der Waals surface area contributed by atoms with E-state index in [2.05, 4.69) is 6.07 Å². The van der Waals surface area contributed by atoms with Gasteiger partial charge >= 0.3 is 5.97 Å². The van der Waals surface area contributed by atoms with E-state index in [1.54, 1.807) is 6.92 Å². The van der Waals surface area contributed by atoms with Crippen LogP contribution in [-0.2, 0) is 4.79 Å². The first-order chi connectivity index (χ1) is 7.47. The summed E-state index contributed by atoms with van der Waals surface area (Å²) >= 11 is 0. The Morgan fingerprint density at radius 2 is 1.88 bits per heavy atom. The minimum absolute atomic E-state index is 0.301. The van der Waals surface area contributed by atoms with Gasteiger partial charge in [-0.1, -0.05) is 6.07 Å². The third kappa shape index (κ3) is 4.17. The molecule has 1 aromatic carbocycles. The van der Waals surface area contributed by atoms with Gasteiger partial charge in [0.15, 0.2) is 0 Å². The van der Waals surface area contributed by atoms with E-state index in [0.717, 1.165) is 23.0 Å². The van der Waals surface area contributed by atoms with E-state index in [1.807, 2.05) is 26.0 Å². The highest BCUT2D eigenvalue weighted by molar-refractivity contribution is 5.80. The van der Waals surface area contributed by atoms with Gasteiger partial charge in [0.25, 0.3) is 0 Å². The molecule has 0 spiro atoms. The Labute approximate surface area is 95.4 Å². The Morgan fingerprint density at radius 1 is 1.31 bits per heavy atom. The number of rotatable bonds is 4. The summed E-state index contributed by atoms with van der Waals surface area (Å²) in [4.78, 5) is 10.4. The largest absolute Gasteiger partial charge is 0.489 e. The lowest BCUT2D eigenvalue weighted by Gasteiger charge is -2.08. The molecule has 0 saturated heterocycles. The minimum Gasteiger partial charge on any atom is -0.489 e. The molecule has 0 aliphatic rings. The molecule has 0 radical (unpaired) electrons. The fraction of sp³-hybridized carbons (Fsp3) is 0.308. The van der Waals surface area contributed by atoms with Crippen molar-refractivity contribution >= 4 is 5.97 Å². The average molecular weight is 220 g/mol. The normalized spacial score (nSPS) is 11.3. The number of aliphatic carboxylic acids is 1. The molecular weight excluding hydrogens is 204 g/mol. The molecule has 16 heavy (non-hydrogen) atoms. The van der Waals surface area contributed by atoms with Gasteiger partial charge < -0.3 is 9.84 Å². The lowest BCUT2D eigenvalue weighted by molar-refractivity contribution is -0.131. The van der Waals surface area contributed by atoms with Crippen molar-refractivity contribution in [1.82, 2.24) is 0 Å². The van der Waals surface area contributed by atoms with Crippen molar-refractivity contribution in [3.05, 3.63) is 41.0 Å². The maximum Gasteiger partial charge on any atom is 0.328 e. The summed E-state index contributed by atoms with van der Waals surface area (Å²) in [6.07, 6.45) is 1.16. The summed E-state index contributed by atoms with van der Waals surface area (Å²) in [5.41, 5.74) is 2.95. The summed E-state index contributed by atoms with van der Waals surface area (Å²) in [5.74, 6) is -0.169. The van der Waals surface area contributed by atoms with E-state index >= 15 is 0 Å². The van der Waals surface area contributed by atoms with Crippen LogP contribution < -0.4 is 4.74 Å². The van der Waals surface area contributed by atoms with Crippen molar-refractivity contribution in [2.75, 3.05) is 6.61 Å². The Bertz CT molecular complexity index is 399. The number of aryl methyl sites for hydroxylation is 2. The molecule has 0 amide bonds. The molecule has 1 aromatic rings. The average Bonchev–Trinajstić information content (AvgIpc) is 2.12. The topological polar surface area (TPSA) is 46.5 Å².